The van der Waals surface area contributed by atoms with Gasteiger partial charge in [-0.2, -0.15) is 0 Å². The lowest BCUT2D eigenvalue weighted by molar-refractivity contribution is 0.397. The molecule has 0 radical (unpaired) electrons. The second-order valence-corrected chi connectivity index (χ2v) is 2.94. The van der Waals surface area contributed by atoms with E-state index in [9.17, 15) is 0 Å². The maximum Gasteiger partial charge on any atom is 0.214 e. The molecule has 1 heterocycles. The molecule has 3 nitrogen and oxygen atoms in total. The molecular formula is C8H11ClN2O. The fourth-order valence-corrected chi connectivity index (χ4v) is 1.07. The number of halogens is 1. The van der Waals surface area contributed by atoms with Crippen LogP contribution in [0.2, 0.25) is 5.15 Å². The van der Waals surface area contributed by atoms with Crippen LogP contribution in [0.25, 0.3) is 0 Å². The number of methoxy groups -OCH3 is 1. The molecule has 12 heavy (non-hydrogen) atoms. The molecule has 0 aromatic carbocycles. The van der Waals surface area contributed by atoms with Gasteiger partial charge in [0.1, 0.15) is 5.15 Å². The van der Waals surface area contributed by atoms with Crippen LogP contribution in [0.15, 0.2) is 12.1 Å². The Kier molecular flexibility index (Phi) is 2.89. The van der Waals surface area contributed by atoms with Crippen LogP contribution in [0.5, 0.6) is 5.88 Å². The van der Waals surface area contributed by atoms with E-state index in [4.69, 9.17) is 22.1 Å². The Bertz CT molecular complexity index is 276. The molecule has 1 unspecified atom stereocenters. The summed E-state index contributed by atoms with van der Waals surface area (Å²) >= 11 is 5.73. The number of ether oxygens (including phenoxy) is 1. The second kappa shape index (κ2) is 3.74. The van der Waals surface area contributed by atoms with Crippen molar-refractivity contribution in [2.75, 3.05) is 7.11 Å². The van der Waals surface area contributed by atoms with Crippen LogP contribution in [0, 0.1) is 0 Å². The van der Waals surface area contributed by atoms with Crippen LogP contribution in [0.4, 0.5) is 0 Å². The van der Waals surface area contributed by atoms with Gasteiger partial charge in [-0.05, 0) is 18.6 Å². The average molecular weight is 187 g/mol. The number of nitrogens with two attached hydrogens (primary N) is 1. The normalized spacial score (nSPS) is 12.7. The smallest absolute Gasteiger partial charge is 0.214 e. The molecule has 1 rings (SSSR count). The van der Waals surface area contributed by atoms with Gasteiger partial charge in [0.15, 0.2) is 0 Å². The molecule has 2 N–H and O–H groups in total. The zero-order valence-corrected chi connectivity index (χ0v) is 7.80. The van der Waals surface area contributed by atoms with Gasteiger partial charge >= 0.3 is 0 Å². The molecule has 66 valence electrons. The zero-order chi connectivity index (χ0) is 9.14. The van der Waals surface area contributed by atoms with Gasteiger partial charge in [0.2, 0.25) is 5.88 Å². The number of hydrogen-bond acceptors (Lipinski definition) is 3. The maximum atomic E-state index is 5.73. The third-order valence-electron chi connectivity index (χ3n) is 1.53. The van der Waals surface area contributed by atoms with Gasteiger partial charge in [0, 0.05) is 12.1 Å². The summed E-state index contributed by atoms with van der Waals surface area (Å²) in [5.74, 6) is 0.495. The highest BCUT2D eigenvalue weighted by Gasteiger charge is 2.04. The van der Waals surface area contributed by atoms with Gasteiger partial charge < -0.3 is 10.5 Å². The first-order valence-electron chi connectivity index (χ1n) is 3.60. The Morgan fingerprint density at radius 1 is 1.58 bits per heavy atom. The lowest BCUT2D eigenvalue weighted by Crippen LogP contribution is -2.05. The largest absolute Gasteiger partial charge is 0.481 e. The Hall–Kier alpha value is -0.800. The molecule has 4 heteroatoms. The lowest BCUT2D eigenvalue weighted by Gasteiger charge is -2.07. The van der Waals surface area contributed by atoms with Crippen molar-refractivity contribution in [3.8, 4) is 5.88 Å². The molecule has 0 amide bonds. The van der Waals surface area contributed by atoms with E-state index < -0.39 is 0 Å². The first-order chi connectivity index (χ1) is 5.63. The third-order valence-corrected chi connectivity index (χ3v) is 1.72. The maximum absolute atomic E-state index is 5.73. The van der Waals surface area contributed by atoms with E-state index in [0.717, 1.165) is 5.56 Å². The van der Waals surface area contributed by atoms with Crippen molar-refractivity contribution in [1.82, 2.24) is 4.98 Å². The van der Waals surface area contributed by atoms with Crippen molar-refractivity contribution in [3.05, 3.63) is 22.8 Å². The highest BCUT2D eigenvalue weighted by Crippen LogP contribution is 2.19. The van der Waals surface area contributed by atoms with Crippen LogP contribution in [-0.4, -0.2) is 12.1 Å². The lowest BCUT2D eigenvalue weighted by atomic mass is 10.1. The molecule has 0 aliphatic carbocycles. The van der Waals surface area contributed by atoms with Gasteiger partial charge in [-0.3, -0.25) is 0 Å². The van der Waals surface area contributed by atoms with E-state index in [-0.39, 0.29) is 6.04 Å². The minimum Gasteiger partial charge on any atom is -0.481 e. The summed E-state index contributed by atoms with van der Waals surface area (Å²) in [5, 5.41) is 0.404. The molecule has 0 bridgehead atoms. The molecule has 1 aromatic heterocycles. The van der Waals surface area contributed by atoms with Crippen LogP contribution in [0.3, 0.4) is 0 Å². The fraction of sp³-hybridized carbons (Fsp3) is 0.375. The molecule has 1 atom stereocenters. The quantitative estimate of drug-likeness (QED) is 0.717. The van der Waals surface area contributed by atoms with E-state index in [0.29, 0.717) is 11.0 Å². The average Bonchev–Trinajstić information content (AvgIpc) is 2.03. The summed E-state index contributed by atoms with van der Waals surface area (Å²) in [6.07, 6.45) is 0. The van der Waals surface area contributed by atoms with Gasteiger partial charge in [0.05, 0.1) is 7.11 Å². The Labute approximate surface area is 76.5 Å². The van der Waals surface area contributed by atoms with Crippen LogP contribution in [-0.2, 0) is 0 Å². The van der Waals surface area contributed by atoms with Crippen molar-refractivity contribution in [2.45, 2.75) is 13.0 Å². The van der Waals surface area contributed by atoms with Gasteiger partial charge in [0.25, 0.3) is 0 Å². The molecule has 0 aliphatic heterocycles. The molecule has 0 fully saturated rings. The van der Waals surface area contributed by atoms with E-state index in [1.165, 1.54) is 0 Å². The summed E-state index contributed by atoms with van der Waals surface area (Å²) < 4.78 is 4.93. The number of hydrogen-bond donors (Lipinski definition) is 1. The number of nitrogens with zero attached hydrogens (tertiary/aromatic N) is 1. The molecule has 0 aliphatic rings. The van der Waals surface area contributed by atoms with Gasteiger partial charge in [-0.25, -0.2) is 4.98 Å². The summed E-state index contributed by atoms with van der Waals surface area (Å²) in [4.78, 5) is 3.92. The Balaban J connectivity index is 3.06. The Morgan fingerprint density at radius 3 is 2.75 bits per heavy atom. The monoisotopic (exact) mass is 186 g/mol. The number of rotatable bonds is 2. The Morgan fingerprint density at radius 2 is 2.25 bits per heavy atom. The van der Waals surface area contributed by atoms with Crippen molar-refractivity contribution < 1.29 is 4.74 Å². The second-order valence-electron chi connectivity index (χ2n) is 2.55. The number of pyridine rings is 1. The van der Waals surface area contributed by atoms with Crippen molar-refractivity contribution >= 4 is 11.6 Å². The summed E-state index contributed by atoms with van der Waals surface area (Å²) in [5.41, 5.74) is 6.59. The summed E-state index contributed by atoms with van der Waals surface area (Å²) in [6, 6.07) is 3.45. The molecule has 1 aromatic rings. The van der Waals surface area contributed by atoms with Crippen LogP contribution in [0.1, 0.15) is 18.5 Å². The zero-order valence-electron chi connectivity index (χ0n) is 7.04. The highest BCUT2D eigenvalue weighted by atomic mass is 35.5. The highest BCUT2D eigenvalue weighted by molar-refractivity contribution is 6.29. The van der Waals surface area contributed by atoms with Crippen molar-refractivity contribution in [3.63, 3.8) is 0 Å². The van der Waals surface area contributed by atoms with Gasteiger partial charge in [-0.15, -0.1) is 0 Å². The minimum atomic E-state index is -0.0561. The summed E-state index contributed by atoms with van der Waals surface area (Å²) in [7, 11) is 1.55. The minimum absolute atomic E-state index is 0.0561. The van der Waals surface area contributed by atoms with Crippen molar-refractivity contribution in [1.29, 1.82) is 0 Å². The van der Waals surface area contributed by atoms with Crippen LogP contribution < -0.4 is 10.5 Å². The first-order valence-corrected chi connectivity index (χ1v) is 3.98. The van der Waals surface area contributed by atoms with E-state index in [1.807, 2.05) is 6.92 Å². The standard InChI is InChI=1S/C8H11ClN2O/c1-5(10)6-3-7(9)11-8(4-6)12-2/h3-5H,10H2,1-2H3. The molecule has 0 saturated heterocycles. The predicted octanol–water partition coefficient (Wildman–Crippen LogP) is 1.76. The van der Waals surface area contributed by atoms with E-state index >= 15 is 0 Å². The van der Waals surface area contributed by atoms with Crippen molar-refractivity contribution in [2.24, 2.45) is 5.73 Å². The van der Waals surface area contributed by atoms with Gasteiger partial charge in [-0.1, -0.05) is 11.6 Å². The third kappa shape index (κ3) is 2.09. The predicted molar refractivity (Wildman–Crippen MR) is 48.4 cm³/mol. The number of aromatic nitrogens is 1. The van der Waals surface area contributed by atoms with E-state index in [2.05, 4.69) is 4.98 Å². The topological polar surface area (TPSA) is 48.1 Å². The molecule has 0 saturated carbocycles. The SMILES string of the molecule is COc1cc(C(C)N)cc(Cl)n1. The first kappa shape index (κ1) is 9.29. The summed E-state index contributed by atoms with van der Waals surface area (Å²) in [6.45, 7) is 1.88. The van der Waals surface area contributed by atoms with E-state index in [1.54, 1.807) is 19.2 Å². The van der Waals surface area contributed by atoms with Crippen LogP contribution >= 0.6 is 11.6 Å². The fourth-order valence-electron chi connectivity index (χ4n) is 0.859. The molecule has 0 spiro atoms. The molecular weight excluding hydrogens is 176 g/mol.